The molecule has 1 saturated heterocycles. The largest absolute Gasteiger partial charge is 0.466 e. The normalized spacial score (nSPS) is 13.6. The molecule has 1 fully saturated rings. The first-order chi connectivity index (χ1) is 49.2. The van der Waals surface area contributed by atoms with Gasteiger partial charge in [0, 0.05) is 78.0 Å². The van der Waals surface area contributed by atoms with E-state index in [1.165, 1.54) is 231 Å². The van der Waals surface area contributed by atoms with Gasteiger partial charge in [-0.25, -0.2) is 0 Å². The topological polar surface area (TPSA) is 118 Å². The molecule has 0 aliphatic carbocycles. The van der Waals surface area contributed by atoms with Gasteiger partial charge in [0.15, 0.2) is 0 Å². The van der Waals surface area contributed by atoms with Crippen LogP contribution in [0.2, 0.25) is 0 Å². The van der Waals surface area contributed by atoms with Gasteiger partial charge in [-0.05, 0) is 142 Å². The van der Waals surface area contributed by atoms with Crippen LogP contribution in [-0.2, 0) is 38.1 Å². The standard InChI is InChI=1S/C88H172N4O8/c1-7-13-19-25-29-31-33-43-59-81-97-85(93)65-53-45-57-71-89(69-55-41-35-39-51-67-87(95)99-83(61-47-23-17-11-5)63-49-37-27-21-15-9-3)73-75-91-77-79-92(80-78-91)76-74-90(72-58-46-54-66-86(94)98-82-60-44-34-32-30-26-20-14-8-2)70-56-42-36-40-52-68-88(96)100-84(62-48-24-18-12-6)64-50-38-28-22-16-10-4/h83-84H,7-82H2,1-6H3. The molecule has 0 spiro atoms. The predicted octanol–water partition coefficient (Wildman–Crippen LogP) is 24.4. The zero-order valence-corrected chi connectivity index (χ0v) is 67.9. The summed E-state index contributed by atoms with van der Waals surface area (Å²) in [5.41, 5.74) is 0. The van der Waals surface area contributed by atoms with E-state index in [9.17, 15) is 19.2 Å². The highest BCUT2D eigenvalue weighted by Gasteiger charge is 2.21. The van der Waals surface area contributed by atoms with Crippen molar-refractivity contribution in [3.05, 3.63) is 0 Å². The zero-order chi connectivity index (χ0) is 72.3. The van der Waals surface area contributed by atoms with Crippen molar-refractivity contribution in [2.75, 3.05) is 91.8 Å². The van der Waals surface area contributed by atoms with Crippen LogP contribution < -0.4 is 0 Å². The van der Waals surface area contributed by atoms with Gasteiger partial charge in [0.25, 0.3) is 0 Å². The summed E-state index contributed by atoms with van der Waals surface area (Å²) in [5.74, 6) is -0.00714. The van der Waals surface area contributed by atoms with Crippen LogP contribution in [0.4, 0.5) is 0 Å². The molecule has 0 amide bonds. The Morgan fingerprint density at radius 1 is 0.250 bits per heavy atom. The van der Waals surface area contributed by atoms with Crippen LogP contribution in [0.5, 0.6) is 0 Å². The number of carbonyl (C=O) groups excluding carboxylic acids is 4. The van der Waals surface area contributed by atoms with Crippen molar-refractivity contribution in [2.45, 2.75) is 452 Å². The van der Waals surface area contributed by atoms with E-state index in [0.717, 1.165) is 220 Å². The third-order valence-corrected chi connectivity index (χ3v) is 21.5. The van der Waals surface area contributed by atoms with Gasteiger partial charge >= 0.3 is 23.9 Å². The molecule has 0 aromatic rings. The van der Waals surface area contributed by atoms with Crippen LogP contribution in [0.15, 0.2) is 0 Å². The number of rotatable bonds is 80. The van der Waals surface area contributed by atoms with E-state index in [0.29, 0.717) is 38.9 Å². The lowest BCUT2D eigenvalue weighted by molar-refractivity contribution is -0.151. The van der Waals surface area contributed by atoms with Crippen molar-refractivity contribution in [1.82, 2.24) is 19.6 Å². The maximum atomic E-state index is 13.1. The minimum atomic E-state index is -0.0228. The summed E-state index contributed by atoms with van der Waals surface area (Å²) in [7, 11) is 0. The van der Waals surface area contributed by atoms with Crippen LogP contribution in [0, 0.1) is 0 Å². The molecular formula is C88H172N4O8. The van der Waals surface area contributed by atoms with Crippen LogP contribution >= 0.6 is 0 Å². The Bertz CT molecular complexity index is 1610. The van der Waals surface area contributed by atoms with Crippen molar-refractivity contribution in [2.24, 2.45) is 0 Å². The van der Waals surface area contributed by atoms with Crippen LogP contribution in [0.25, 0.3) is 0 Å². The number of piperazine rings is 1. The molecule has 0 saturated carbocycles. The molecule has 2 unspecified atom stereocenters. The fourth-order valence-corrected chi connectivity index (χ4v) is 14.6. The number of ether oxygens (including phenoxy) is 4. The number of hydrogen-bond acceptors (Lipinski definition) is 12. The highest BCUT2D eigenvalue weighted by atomic mass is 16.6. The summed E-state index contributed by atoms with van der Waals surface area (Å²) in [6.07, 6.45) is 71.6. The lowest BCUT2D eigenvalue weighted by Gasteiger charge is -2.37. The molecule has 12 heteroatoms. The predicted molar refractivity (Wildman–Crippen MR) is 428 cm³/mol. The average molecular weight is 1410 g/mol. The van der Waals surface area contributed by atoms with Gasteiger partial charge in [-0.3, -0.25) is 29.0 Å². The third-order valence-electron chi connectivity index (χ3n) is 21.5. The second kappa shape index (κ2) is 76.4. The fraction of sp³-hybridized carbons (Fsp3) is 0.955. The Labute approximate surface area is 622 Å². The van der Waals surface area contributed by atoms with Crippen molar-refractivity contribution < 1.29 is 38.1 Å². The van der Waals surface area contributed by atoms with Gasteiger partial charge < -0.3 is 28.7 Å². The highest BCUT2D eigenvalue weighted by molar-refractivity contribution is 5.70. The molecule has 1 heterocycles. The van der Waals surface area contributed by atoms with Gasteiger partial charge in [0.1, 0.15) is 12.2 Å². The van der Waals surface area contributed by atoms with E-state index in [-0.39, 0.29) is 36.1 Å². The minimum absolute atomic E-state index is 0.0192. The molecule has 1 aliphatic heterocycles. The van der Waals surface area contributed by atoms with E-state index >= 15 is 0 Å². The number of esters is 4. The monoisotopic (exact) mass is 1410 g/mol. The Kier molecular flexibility index (Phi) is 73.1. The Morgan fingerprint density at radius 2 is 0.460 bits per heavy atom. The molecule has 12 nitrogen and oxygen atoms in total. The SMILES string of the molecule is CCCCCCCCCCCOC(=O)CCCCCN(CCCCCCCC(=O)OC(CCCCCC)CCCCCCCC)CCN1CCN(CCN(CCCCCCCC(=O)OC(CCCCCC)CCCCCCCC)CCCCCC(=O)OCCCCCCCCCCC)CC1. The molecule has 2 atom stereocenters. The first-order valence-electron chi connectivity index (χ1n) is 44.8. The Morgan fingerprint density at radius 3 is 0.740 bits per heavy atom. The summed E-state index contributed by atoms with van der Waals surface area (Å²) in [6, 6.07) is 0. The second-order valence-electron chi connectivity index (χ2n) is 31.2. The molecule has 0 radical (unpaired) electrons. The van der Waals surface area contributed by atoms with E-state index in [1.54, 1.807) is 0 Å². The summed E-state index contributed by atoms with van der Waals surface area (Å²) in [6.45, 7) is 27.9. The molecule has 1 aliphatic rings. The number of nitrogens with zero attached hydrogens (tertiary/aromatic N) is 4. The maximum Gasteiger partial charge on any atom is 0.306 e. The van der Waals surface area contributed by atoms with Crippen LogP contribution in [-0.4, -0.2) is 147 Å². The van der Waals surface area contributed by atoms with Crippen molar-refractivity contribution >= 4 is 23.9 Å². The molecule has 1 rings (SSSR count). The Balaban J connectivity index is 2.78. The molecule has 0 aromatic heterocycles. The van der Waals surface area contributed by atoms with Gasteiger partial charge in [0.2, 0.25) is 0 Å². The first-order valence-corrected chi connectivity index (χ1v) is 44.8. The summed E-state index contributed by atoms with van der Waals surface area (Å²) in [4.78, 5) is 62.3. The average Bonchev–Trinajstić information content (AvgIpc) is 1.06. The lowest BCUT2D eigenvalue weighted by atomic mass is 10.0. The van der Waals surface area contributed by atoms with E-state index < -0.39 is 0 Å². The van der Waals surface area contributed by atoms with Crippen molar-refractivity contribution in [1.29, 1.82) is 0 Å². The number of carbonyl (C=O) groups is 4. The lowest BCUT2D eigenvalue weighted by Crippen LogP contribution is -2.50. The van der Waals surface area contributed by atoms with Gasteiger partial charge in [0.05, 0.1) is 13.2 Å². The van der Waals surface area contributed by atoms with Crippen LogP contribution in [0.3, 0.4) is 0 Å². The molecule has 0 bridgehead atoms. The molecule has 100 heavy (non-hydrogen) atoms. The smallest absolute Gasteiger partial charge is 0.306 e. The quantitative estimate of drug-likeness (QED) is 0.0328. The number of unbranched alkanes of at least 4 members (excludes halogenated alkanes) is 44. The number of hydrogen-bond donors (Lipinski definition) is 0. The van der Waals surface area contributed by atoms with E-state index in [1.807, 2.05) is 0 Å². The fourth-order valence-electron chi connectivity index (χ4n) is 14.6. The summed E-state index contributed by atoms with van der Waals surface area (Å²) >= 11 is 0. The summed E-state index contributed by atoms with van der Waals surface area (Å²) in [5, 5.41) is 0. The Hall–Kier alpha value is -2.28. The molecule has 0 N–H and O–H groups in total. The van der Waals surface area contributed by atoms with Gasteiger partial charge in [-0.15, -0.1) is 0 Å². The third kappa shape index (κ3) is 66.4. The minimum Gasteiger partial charge on any atom is -0.466 e. The van der Waals surface area contributed by atoms with Gasteiger partial charge in [-0.1, -0.05) is 298 Å². The molecule has 592 valence electrons. The van der Waals surface area contributed by atoms with Crippen molar-refractivity contribution in [3.63, 3.8) is 0 Å². The van der Waals surface area contributed by atoms with E-state index in [4.69, 9.17) is 18.9 Å². The molecular weight excluding hydrogens is 1240 g/mol. The first kappa shape index (κ1) is 95.7. The second-order valence-corrected chi connectivity index (χ2v) is 31.2. The van der Waals surface area contributed by atoms with Crippen LogP contribution in [0.1, 0.15) is 440 Å². The zero-order valence-electron chi connectivity index (χ0n) is 67.9. The van der Waals surface area contributed by atoms with Gasteiger partial charge in [-0.2, -0.15) is 0 Å². The molecule has 0 aromatic carbocycles. The van der Waals surface area contributed by atoms with Crippen molar-refractivity contribution in [3.8, 4) is 0 Å². The maximum absolute atomic E-state index is 13.1. The highest BCUT2D eigenvalue weighted by Crippen LogP contribution is 2.22. The van der Waals surface area contributed by atoms with E-state index in [2.05, 4.69) is 61.1 Å². The summed E-state index contributed by atoms with van der Waals surface area (Å²) < 4.78 is 23.6.